The molecule has 55 heavy (non-hydrogen) atoms. The highest BCUT2D eigenvalue weighted by molar-refractivity contribution is 5.93. The number of aromatic hydroxyl groups is 3. The molecule has 2 aromatic carbocycles. The Labute approximate surface area is 307 Å². The Kier molecular flexibility index (Phi) is 12.0. The standard InChI is InChI=1S/C33H40O22/c34-6-13-17(40)21(44)24(47)31(49-13)53-27-12(39)5-11(38)16-20(43)29(26(52-28(16)27)9-1-3-10(37)4-2-9)54-33-30(23(46)19(42)15(8-36)51-33)55-32-25(48)22(45)18(41)14(7-35)50-32/h1-5,13-15,17-19,21-25,30-42,44-48H,6-8H2/t13-,14+,15+,17-,18-,19+,21+,22-,23+,24-,25-,30+,31-,32+,33+/m1/s1. The van der Waals surface area contributed by atoms with Gasteiger partial charge in [-0.25, -0.2) is 0 Å². The molecule has 0 amide bonds. The Balaban J connectivity index is 1.47. The second kappa shape index (κ2) is 16.3. The maximum atomic E-state index is 14.4. The van der Waals surface area contributed by atoms with Crippen molar-refractivity contribution in [2.24, 2.45) is 0 Å². The zero-order valence-electron chi connectivity index (χ0n) is 28.2. The molecule has 0 unspecified atom stereocenters. The van der Waals surface area contributed by atoms with Gasteiger partial charge >= 0.3 is 0 Å². The molecule has 1 aromatic heterocycles. The highest BCUT2D eigenvalue weighted by atomic mass is 16.8. The number of aliphatic hydroxyl groups is 11. The van der Waals surface area contributed by atoms with E-state index in [9.17, 15) is 76.3 Å². The Morgan fingerprint density at radius 2 is 1.05 bits per heavy atom. The molecule has 22 nitrogen and oxygen atoms in total. The minimum Gasteiger partial charge on any atom is -0.508 e. The average molecular weight is 789 g/mol. The van der Waals surface area contributed by atoms with Gasteiger partial charge in [-0.1, -0.05) is 0 Å². The largest absolute Gasteiger partial charge is 0.508 e. The van der Waals surface area contributed by atoms with E-state index in [1.807, 2.05) is 0 Å². The lowest BCUT2D eigenvalue weighted by Gasteiger charge is -2.45. The Hall–Kier alpha value is -3.95. The Bertz CT molecular complexity index is 1850. The zero-order chi connectivity index (χ0) is 40.0. The van der Waals surface area contributed by atoms with Gasteiger partial charge in [0.2, 0.25) is 29.5 Å². The molecule has 15 atom stereocenters. The minimum absolute atomic E-state index is 0.0464. The SMILES string of the molecule is O=c1c(O[C@@H]2O[C@@H](CO)[C@H](O)[C@H](O)[C@@H]2O[C@@H]2O[C@@H](CO)[C@@H](O)[C@@H](O)[C@H]2O)c(-c2ccc(O)cc2)oc2c(O[C@H]3O[C@H](CO)[C@@H](O)[C@H](O)[C@H]3O)c(O)cc(O)c12. The topological polar surface area (TPSA) is 369 Å². The normalized spacial score (nSPS) is 36.8. The van der Waals surface area contributed by atoms with Crippen LogP contribution in [0.2, 0.25) is 0 Å². The minimum atomic E-state index is -2.06. The van der Waals surface area contributed by atoms with E-state index in [4.69, 9.17) is 32.8 Å². The maximum Gasteiger partial charge on any atom is 0.239 e. The maximum absolute atomic E-state index is 14.4. The Morgan fingerprint density at radius 3 is 1.62 bits per heavy atom. The van der Waals surface area contributed by atoms with Gasteiger partial charge in [-0.15, -0.1) is 0 Å². The first kappa shape index (κ1) is 40.7. The molecule has 3 aliphatic heterocycles. The number of hydrogen-bond acceptors (Lipinski definition) is 22. The van der Waals surface area contributed by atoms with Gasteiger partial charge in [0.1, 0.15) is 84.0 Å². The summed E-state index contributed by atoms with van der Waals surface area (Å²) in [5.74, 6) is -4.25. The van der Waals surface area contributed by atoms with Gasteiger partial charge in [0.25, 0.3) is 0 Å². The van der Waals surface area contributed by atoms with Crippen LogP contribution >= 0.6 is 0 Å². The lowest BCUT2D eigenvalue weighted by atomic mass is 9.97. The van der Waals surface area contributed by atoms with Crippen LogP contribution in [0.1, 0.15) is 0 Å². The van der Waals surface area contributed by atoms with E-state index in [1.54, 1.807) is 0 Å². The van der Waals surface area contributed by atoms with E-state index in [-0.39, 0.29) is 11.3 Å². The molecule has 3 aromatic rings. The molecule has 304 valence electrons. The number of phenols is 3. The van der Waals surface area contributed by atoms with Gasteiger partial charge in [-0.05, 0) is 24.3 Å². The molecule has 3 fully saturated rings. The number of aliphatic hydroxyl groups excluding tert-OH is 11. The van der Waals surface area contributed by atoms with Crippen LogP contribution < -0.4 is 14.9 Å². The third-order valence-electron chi connectivity index (χ3n) is 9.45. The molecular formula is C33H40O22. The second-order valence-corrected chi connectivity index (χ2v) is 13.0. The first-order chi connectivity index (χ1) is 26.1. The highest BCUT2D eigenvalue weighted by Crippen LogP contribution is 2.45. The molecule has 3 saturated heterocycles. The molecular weight excluding hydrogens is 748 g/mol. The first-order valence-corrected chi connectivity index (χ1v) is 16.7. The van der Waals surface area contributed by atoms with Crippen molar-refractivity contribution in [2.45, 2.75) is 92.1 Å². The van der Waals surface area contributed by atoms with E-state index < -0.39 is 157 Å². The molecule has 4 heterocycles. The van der Waals surface area contributed by atoms with Gasteiger partial charge in [-0.3, -0.25) is 4.79 Å². The van der Waals surface area contributed by atoms with Crippen LogP contribution in [0.25, 0.3) is 22.3 Å². The molecule has 0 aliphatic carbocycles. The summed E-state index contributed by atoms with van der Waals surface area (Å²) < 4.78 is 39.6. The fourth-order valence-corrected chi connectivity index (χ4v) is 6.35. The fraction of sp³-hybridized carbons (Fsp3) is 0.545. The van der Waals surface area contributed by atoms with E-state index in [0.29, 0.717) is 6.07 Å². The van der Waals surface area contributed by atoms with Crippen LogP contribution in [0.15, 0.2) is 39.5 Å². The van der Waals surface area contributed by atoms with Crippen molar-refractivity contribution in [3.63, 3.8) is 0 Å². The van der Waals surface area contributed by atoms with Crippen LogP contribution in [-0.4, -0.2) is 183 Å². The van der Waals surface area contributed by atoms with Crippen molar-refractivity contribution in [3.05, 3.63) is 40.6 Å². The predicted octanol–water partition coefficient (Wildman–Crippen LogP) is -5.24. The van der Waals surface area contributed by atoms with Crippen LogP contribution in [0.4, 0.5) is 0 Å². The van der Waals surface area contributed by atoms with Gasteiger partial charge < -0.3 is 104 Å². The molecule has 0 radical (unpaired) electrons. The quantitative estimate of drug-likeness (QED) is 0.0912. The van der Waals surface area contributed by atoms with Crippen molar-refractivity contribution < 1.29 is 104 Å². The monoisotopic (exact) mass is 788 g/mol. The molecule has 0 spiro atoms. The average Bonchev–Trinajstić information content (AvgIpc) is 3.16. The van der Waals surface area contributed by atoms with Crippen LogP contribution in [0, 0.1) is 0 Å². The van der Waals surface area contributed by atoms with E-state index in [0.717, 1.165) is 0 Å². The van der Waals surface area contributed by atoms with Crippen molar-refractivity contribution in [1.82, 2.24) is 0 Å². The lowest BCUT2D eigenvalue weighted by Crippen LogP contribution is -2.65. The van der Waals surface area contributed by atoms with Crippen molar-refractivity contribution in [2.75, 3.05) is 19.8 Å². The molecule has 22 heteroatoms. The molecule has 6 rings (SSSR count). The third kappa shape index (κ3) is 7.51. The van der Waals surface area contributed by atoms with Gasteiger partial charge in [0.05, 0.1) is 19.8 Å². The smallest absolute Gasteiger partial charge is 0.239 e. The van der Waals surface area contributed by atoms with Gasteiger partial charge in [-0.2, -0.15) is 0 Å². The molecule has 0 bridgehead atoms. The summed E-state index contributed by atoms with van der Waals surface area (Å²) in [5.41, 5.74) is -2.02. The fourth-order valence-electron chi connectivity index (χ4n) is 6.35. The molecule has 14 N–H and O–H groups in total. The summed E-state index contributed by atoms with van der Waals surface area (Å²) in [7, 11) is 0. The van der Waals surface area contributed by atoms with Crippen LogP contribution in [0.3, 0.4) is 0 Å². The van der Waals surface area contributed by atoms with Gasteiger partial charge in [0.15, 0.2) is 29.5 Å². The third-order valence-corrected chi connectivity index (χ3v) is 9.45. The number of ether oxygens (including phenoxy) is 6. The zero-order valence-corrected chi connectivity index (χ0v) is 28.2. The predicted molar refractivity (Wildman–Crippen MR) is 174 cm³/mol. The highest BCUT2D eigenvalue weighted by Gasteiger charge is 2.52. The number of benzene rings is 2. The summed E-state index contributed by atoms with van der Waals surface area (Å²) in [6, 6.07) is 5.42. The van der Waals surface area contributed by atoms with Gasteiger partial charge in [0, 0.05) is 11.6 Å². The Morgan fingerprint density at radius 1 is 0.564 bits per heavy atom. The summed E-state index contributed by atoms with van der Waals surface area (Å²) in [4.78, 5) is 14.4. The second-order valence-electron chi connectivity index (χ2n) is 13.0. The number of fused-ring (bicyclic) bond motifs is 1. The van der Waals surface area contributed by atoms with Crippen molar-refractivity contribution >= 4 is 11.0 Å². The van der Waals surface area contributed by atoms with E-state index in [1.165, 1.54) is 24.3 Å². The first-order valence-electron chi connectivity index (χ1n) is 16.7. The molecule has 3 aliphatic rings. The molecule has 0 saturated carbocycles. The summed E-state index contributed by atoms with van der Waals surface area (Å²) in [6.45, 7) is -2.64. The summed E-state index contributed by atoms with van der Waals surface area (Å²) in [5, 5.41) is 144. The number of rotatable bonds is 10. The number of phenolic OH excluding ortho intramolecular Hbond substituents is 3. The van der Waals surface area contributed by atoms with Crippen LogP contribution in [0.5, 0.6) is 28.7 Å². The van der Waals surface area contributed by atoms with Crippen molar-refractivity contribution in [1.29, 1.82) is 0 Å². The van der Waals surface area contributed by atoms with E-state index >= 15 is 0 Å². The lowest BCUT2D eigenvalue weighted by molar-refractivity contribution is -0.358. The summed E-state index contributed by atoms with van der Waals surface area (Å²) in [6.07, 6.45) is -27.9. The van der Waals surface area contributed by atoms with Crippen molar-refractivity contribution in [3.8, 4) is 40.1 Å². The number of hydrogen-bond donors (Lipinski definition) is 14. The summed E-state index contributed by atoms with van der Waals surface area (Å²) >= 11 is 0. The van der Waals surface area contributed by atoms with E-state index in [2.05, 4.69) is 0 Å². The van der Waals surface area contributed by atoms with Crippen LogP contribution in [-0.2, 0) is 18.9 Å².